The van der Waals surface area contributed by atoms with E-state index >= 15 is 0 Å². The molecule has 0 saturated carbocycles. The van der Waals surface area contributed by atoms with Gasteiger partial charge in [0, 0.05) is 24.5 Å². The number of rotatable bonds is 3. The van der Waals surface area contributed by atoms with Crippen molar-refractivity contribution in [3.63, 3.8) is 0 Å². The number of fused-ring (bicyclic) bond motifs is 1. The van der Waals surface area contributed by atoms with Crippen LogP contribution in [-0.2, 0) is 6.54 Å². The maximum atomic E-state index is 12.7. The van der Waals surface area contributed by atoms with E-state index in [4.69, 9.17) is 0 Å². The Hall–Kier alpha value is -2.55. The lowest BCUT2D eigenvalue weighted by Gasteiger charge is -2.16. The first-order valence-corrected chi connectivity index (χ1v) is 7.85. The molecule has 1 heterocycles. The molecule has 0 radical (unpaired) electrons. The topological polar surface area (TPSA) is 36.1 Å². The highest BCUT2D eigenvalue weighted by Crippen LogP contribution is 2.22. The standard InChI is InChI=1S/C20H22N2O/c1-13-5-7-16(8-6-13)12-22(4)20(23)19-11-17-15(3)9-14(2)10-18(17)21-19/h5-11,21H,12H2,1-4H3. The Bertz CT molecular complexity index is 859. The SMILES string of the molecule is Cc1ccc(CN(C)C(=O)c2cc3c(C)cc(C)cc3[nH]2)cc1. The second kappa shape index (κ2) is 5.92. The lowest BCUT2D eigenvalue weighted by Crippen LogP contribution is -2.26. The van der Waals surface area contributed by atoms with Gasteiger partial charge in [0.1, 0.15) is 5.69 Å². The van der Waals surface area contributed by atoms with Crippen LogP contribution in [0.3, 0.4) is 0 Å². The van der Waals surface area contributed by atoms with Crippen LogP contribution in [0.15, 0.2) is 42.5 Å². The number of carbonyl (C=O) groups excluding carboxylic acids is 1. The lowest BCUT2D eigenvalue weighted by molar-refractivity contribution is 0.0780. The van der Waals surface area contributed by atoms with Crippen LogP contribution in [0.4, 0.5) is 0 Å². The molecular formula is C20H22N2O. The molecule has 3 rings (SSSR count). The number of H-pyrrole nitrogens is 1. The van der Waals surface area contributed by atoms with Crippen molar-refractivity contribution >= 4 is 16.8 Å². The molecule has 0 spiro atoms. The molecule has 3 nitrogen and oxygen atoms in total. The lowest BCUT2D eigenvalue weighted by atomic mass is 10.1. The second-order valence-electron chi connectivity index (χ2n) is 6.37. The van der Waals surface area contributed by atoms with Gasteiger partial charge in [-0.25, -0.2) is 0 Å². The minimum atomic E-state index is 0.0128. The second-order valence-corrected chi connectivity index (χ2v) is 6.37. The Morgan fingerprint density at radius 1 is 1.00 bits per heavy atom. The maximum absolute atomic E-state index is 12.7. The molecule has 1 amide bonds. The van der Waals surface area contributed by atoms with Crippen molar-refractivity contribution in [2.75, 3.05) is 7.05 Å². The highest BCUT2D eigenvalue weighted by atomic mass is 16.2. The fourth-order valence-electron chi connectivity index (χ4n) is 2.96. The van der Waals surface area contributed by atoms with Gasteiger partial charge in [0.25, 0.3) is 5.91 Å². The van der Waals surface area contributed by atoms with Crippen molar-refractivity contribution in [1.29, 1.82) is 0 Å². The van der Waals surface area contributed by atoms with Crippen LogP contribution >= 0.6 is 0 Å². The fraction of sp³-hybridized carbons (Fsp3) is 0.250. The predicted molar refractivity (Wildman–Crippen MR) is 94.7 cm³/mol. The van der Waals surface area contributed by atoms with E-state index in [0.29, 0.717) is 12.2 Å². The molecule has 0 aliphatic rings. The average Bonchev–Trinajstić information content (AvgIpc) is 2.93. The van der Waals surface area contributed by atoms with Crippen LogP contribution in [-0.4, -0.2) is 22.8 Å². The first-order valence-electron chi connectivity index (χ1n) is 7.85. The molecule has 23 heavy (non-hydrogen) atoms. The minimum absolute atomic E-state index is 0.0128. The third kappa shape index (κ3) is 3.14. The Morgan fingerprint density at radius 3 is 2.39 bits per heavy atom. The highest BCUT2D eigenvalue weighted by molar-refractivity contribution is 5.98. The van der Waals surface area contributed by atoms with Crippen LogP contribution in [0.25, 0.3) is 10.9 Å². The van der Waals surface area contributed by atoms with Gasteiger partial charge < -0.3 is 9.88 Å². The Labute approximate surface area is 136 Å². The molecule has 3 heteroatoms. The summed E-state index contributed by atoms with van der Waals surface area (Å²) >= 11 is 0. The molecule has 1 N–H and O–H groups in total. The van der Waals surface area contributed by atoms with Gasteiger partial charge in [0.05, 0.1) is 0 Å². The number of carbonyl (C=O) groups is 1. The first-order chi connectivity index (χ1) is 10.9. The van der Waals surface area contributed by atoms with Gasteiger partial charge in [0.2, 0.25) is 0 Å². The van der Waals surface area contributed by atoms with E-state index in [-0.39, 0.29) is 5.91 Å². The summed E-state index contributed by atoms with van der Waals surface area (Å²) in [6.07, 6.45) is 0. The van der Waals surface area contributed by atoms with Gasteiger partial charge >= 0.3 is 0 Å². The van der Waals surface area contributed by atoms with Crippen LogP contribution in [0, 0.1) is 20.8 Å². The summed E-state index contributed by atoms with van der Waals surface area (Å²) in [5, 5.41) is 1.11. The zero-order valence-electron chi connectivity index (χ0n) is 14.1. The summed E-state index contributed by atoms with van der Waals surface area (Å²) in [6.45, 7) is 6.81. The molecule has 0 aliphatic heterocycles. The molecule has 3 aromatic rings. The van der Waals surface area contributed by atoms with E-state index in [9.17, 15) is 4.79 Å². The van der Waals surface area contributed by atoms with E-state index in [1.807, 2.05) is 13.1 Å². The van der Waals surface area contributed by atoms with E-state index in [1.54, 1.807) is 4.90 Å². The molecular weight excluding hydrogens is 284 g/mol. The zero-order valence-corrected chi connectivity index (χ0v) is 14.1. The summed E-state index contributed by atoms with van der Waals surface area (Å²) in [5.74, 6) is 0.0128. The predicted octanol–water partition coefficient (Wildman–Crippen LogP) is 4.37. The Kier molecular flexibility index (Phi) is 3.95. The van der Waals surface area contributed by atoms with E-state index in [0.717, 1.165) is 16.5 Å². The van der Waals surface area contributed by atoms with Gasteiger partial charge in [0.15, 0.2) is 0 Å². The van der Waals surface area contributed by atoms with E-state index in [1.165, 1.54) is 16.7 Å². The fourth-order valence-corrected chi connectivity index (χ4v) is 2.96. The molecule has 118 valence electrons. The number of hydrogen-bond acceptors (Lipinski definition) is 1. The number of aryl methyl sites for hydroxylation is 3. The van der Waals surface area contributed by atoms with Crippen molar-refractivity contribution in [3.8, 4) is 0 Å². The third-order valence-electron chi connectivity index (χ3n) is 4.21. The number of benzene rings is 2. The molecule has 0 aliphatic carbocycles. The summed E-state index contributed by atoms with van der Waals surface area (Å²) in [5.41, 5.74) is 6.41. The van der Waals surface area contributed by atoms with Crippen LogP contribution in [0.1, 0.15) is 32.7 Å². The largest absolute Gasteiger partial charge is 0.351 e. The number of nitrogens with zero attached hydrogens (tertiary/aromatic N) is 1. The minimum Gasteiger partial charge on any atom is -0.351 e. The van der Waals surface area contributed by atoms with Crippen LogP contribution < -0.4 is 0 Å². The van der Waals surface area contributed by atoms with Crippen molar-refractivity contribution in [3.05, 3.63) is 70.4 Å². The number of amides is 1. The first kappa shape index (κ1) is 15.3. The summed E-state index contributed by atoms with van der Waals surface area (Å²) in [7, 11) is 1.84. The van der Waals surface area contributed by atoms with E-state index in [2.05, 4.69) is 62.2 Å². The number of hydrogen-bond donors (Lipinski definition) is 1. The molecule has 0 fully saturated rings. The molecule has 2 aromatic carbocycles. The van der Waals surface area contributed by atoms with Gasteiger partial charge in [-0.05, 0) is 49.6 Å². The van der Waals surface area contributed by atoms with Gasteiger partial charge in [-0.1, -0.05) is 35.9 Å². The number of nitrogens with one attached hydrogen (secondary N) is 1. The van der Waals surface area contributed by atoms with Crippen molar-refractivity contribution < 1.29 is 4.79 Å². The highest BCUT2D eigenvalue weighted by Gasteiger charge is 2.15. The Morgan fingerprint density at radius 2 is 1.70 bits per heavy atom. The summed E-state index contributed by atoms with van der Waals surface area (Å²) in [4.78, 5) is 17.7. The molecule has 0 atom stereocenters. The molecule has 0 bridgehead atoms. The third-order valence-corrected chi connectivity index (χ3v) is 4.21. The van der Waals surface area contributed by atoms with Gasteiger partial charge in [-0.2, -0.15) is 0 Å². The van der Waals surface area contributed by atoms with E-state index < -0.39 is 0 Å². The normalized spacial score (nSPS) is 11.0. The monoisotopic (exact) mass is 306 g/mol. The average molecular weight is 306 g/mol. The summed E-state index contributed by atoms with van der Waals surface area (Å²) < 4.78 is 0. The van der Waals surface area contributed by atoms with Crippen molar-refractivity contribution in [1.82, 2.24) is 9.88 Å². The van der Waals surface area contributed by atoms with Gasteiger partial charge in [-0.3, -0.25) is 4.79 Å². The summed E-state index contributed by atoms with van der Waals surface area (Å²) in [6, 6.07) is 14.5. The number of aromatic nitrogens is 1. The zero-order chi connectivity index (χ0) is 16.6. The molecule has 1 aromatic heterocycles. The molecule has 0 unspecified atom stereocenters. The van der Waals surface area contributed by atoms with Gasteiger partial charge in [-0.15, -0.1) is 0 Å². The Balaban J connectivity index is 1.84. The maximum Gasteiger partial charge on any atom is 0.270 e. The molecule has 0 saturated heterocycles. The van der Waals surface area contributed by atoms with Crippen molar-refractivity contribution in [2.24, 2.45) is 0 Å². The quantitative estimate of drug-likeness (QED) is 0.766. The van der Waals surface area contributed by atoms with Crippen LogP contribution in [0.2, 0.25) is 0 Å². The number of aromatic amines is 1. The van der Waals surface area contributed by atoms with Crippen molar-refractivity contribution in [2.45, 2.75) is 27.3 Å². The van der Waals surface area contributed by atoms with Crippen LogP contribution in [0.5, 0.6) is 0 Å². The smallest absolute Gasteiger partial charge is 0.270 e.